The average Bonchev–Trinajstić information content (AvgIpc) is 3.84. The zero-order valence-electron chi connectivity index (χ0n) is 24.7. The molecule has 220 valence electrons. The van der Waals surface area contributed by atoms with Gasteiger partial charge in [0.25, 0.3) is 0 Å². The van der Waals surface area contributed by atoms with E-state index >= 15 is 0 Å². The predicted molar refractivity (Wildman–Crippen MR) is 201 cm³/mol. The highest BCUT2D eigenvalue weighted by molar-refractivity contribution is 7.27. The zero-order valence-corrected chi connectivity index (χ0v) is 27.2. The molecule has 4 nitrogen and oxygen atoms in total. The van der Waals surface area contributed by atoms with Crippen molar-refractivity contribution in [2.75, 3.05) is 0 Å². The number of rotatable bonds is 4. The lowest BCUT2D eigenvalue weighted by molar-refractivity contribution is 1.08. The molecule has 4 aromatic heterocycles. The van der Waals surface area contributed by atoms with E-state index < -0.39 is 0 Å². The lowest BCUT2D eigenvalue weighted by Gasteiger charge is -2.10. The molecule has 0 spiro atoms. The first-order chi connectivity index (χ1) is 23.3. The second-order valence-corrected chi connectivity index (χ2v) is 14.6. The minimum absolute atomic E-state index is 0.634. The van der Waals surface area contributed by atoms with Crippen molar-refractivity contribution in [1.29, 1.82) is 0 Å². The molecule has 10 rings (SSSR count). The highest BCUT2D eigenvalue weighted by atomic mass is 32.1. The summed E-state index contributed by atoms with van der Waals surface area (Å²) < 4.78 is 6.04. The van der Waals surface area contributed by atoms with Crippen molar-refractivity contribution in [1.82, 2.24) is 19.9 Å². The molecule has 0 unspecified atom stereocenters. The van der Waals surface area contributed by atoms with E-state index in [1.165, 1.54) is 35.0 Å². The fourth-order valence-electron chi connectivity index (χ4n) is 6.39. The number of fused-ring (bicyclic) bond motifs is 7. The molecule has 47 heavy (non-hydrogen) atoms. The summed E-state index contributed by atoms with van der Waals surface area (Å²) in [5, 5.41) is 5.83. The Bertz CT molecular complexity index is 2800. The first-order valence-electron chi connectivity index (χ1n) is 15.3. The summed E-state index contributed by atoms with van der Waals surface area (Å²) in [6.07, 6.45) is 0. The van der Waals surface area contributed by atoms with Crippen LogP contribution in [0, 0.1) is 0 Å². The Labute approximate surface area is 281 Å². The molecule has 0 saturated carbocycles. The monoisotopic (exact) mass is 654 g/mol. The molecule has 10 aromatic rings. The maximum absolute atomic E-state index is 5.29. The minimum Gasteiger partial charge on any atom is -0.235 e. The summed E-state index contributed by atoms with van der Waals surface area (Å²) >= 11 is 5.32. The Kier molecular flexibility index (Phi) is 6.05. The van der Waals surface area contributed by atoms with E-state index in [9.17, 15) is 0 Å². The maximum Gasteiger partial charge on any atom is 0.167 e. The van der Waals surface area contributed by atoms with Crippen LogP contribution in [0.3, 0.4) is 0 Å². The number of benzene rings is 6. The summed E-state index contributed by atoms with van der Waals surface area (Å²) in [6, 6.07) is 46.6. The van der Waals surface area contributed by atoms with E-state index in [4.69, 9.17) is 19.9 Å². The van der Waals surface area contributed by atoms with Crippen LogP contribution in [0.25, 0.3) is 95.3 Å². The van der Waals surface area contributed by atoms with Gasteiger partial charge in [-0.2, -0.15) is 0 Å². The van der Waals surface area contributed by atoms with Gasteiger partial charge in [-0.1, -0.05) is 109 Å². The Morgan fingerprint density at radius 1 is 0.362 bits per heavy atom. The van der Waals surface area contributed by atoms with Crippen LogP contribution >= 0.6 is 34.0 Å². The first kappa shape index (κ1) is 26.8. The van der Waals surface area contributed by atoms with Crippen LogP contribution in [0.4, 0.5) is 0 Å². The Hall–Kier alpha value is -5.34. The van der Waals surface area contributed by atoms with Crippen LogP contribution in [0.2, 0.25) is 0 Å². The second-order valence-electron chi connectivity index (χ2n) is 11.4. The van der Waals surface area contributed by atoms with Gasteiger partial charge in [0.15, 0.2) is 17.5 Å². The van der Waals surface area contributed by atoms with Gasteiger partial charge in [0.2, 0.25) is 0 Å². The molecule has 7 heteroatoms. The fourth-order valence-corrected chi connectivity index (χ4v) is 9.79. The molecule has 0 N–H and O–H groups in total. The van der Waals surface area contributed by atoms with Gasteiger partial charge in [-0.25, -0.2) is 19.9 Å². The summed E-state index contributed by atoms with van der Waals surface area (Å²) in [6.45, 7) is 0. The number of nitrogens with zero attached hydrogens (tertiary/aromatic N) is 4. The molecule has 0 bridgehead atoms. The number of aromatic nitrogens is 4. The van der Waals surface area contributed by atoms with Crippen molar-refractivity contribution >= 4 is 84.6 Å². The third kappa shape index (κ3) is 4.39. The highest BCUT2D eigenvalue weighted by Crippen LogP contribution is 2.46. The van der Waals surface area contributed by atoms with Crippen LogP contribution in [0.15, 0.2) is 133 Å². The average molecular weight is 655 g/mol. The summed E-state index contributed by atoms with van der Waals surface area (Å²) in [7, 11) is 0. The number of thiophene rings is 2. The van der Waals surface area contributed by atoms with Crippen LogP contribution in [0.1, 0.15) is 0 Å². The molecular formula is C40H22N4S3. The van der Waals surface area contributed by atoms with E-state index in [1.54, 1.807) is 34.0 Å². The lowest BCUT2D eigenvalue weighted by atomic mass is 10.0. The zero-order chi connectivity index (χ0) is 30.9. The molecule has 6 aromatic carbocycles. The predicted octanol–water partition coefficient (Wildman–Crippen LogP) is 11.9. The van der Waals surface area contributed by atoms with Crippen molar-refractivity contribution in [3.63, 3.8) is 0 Å². The van der Waals surface area contributed by atoms with Gasteiger partial charge < -0.3 is 0 Å². The van der Waals surface area contributed by atoms with Crippen LogP contribution < -0.4 is 0 Å². The molecule has 0 atom stereocenters. The summed E-state index contributed by atoms with van der Waals surface area (Å²) in [4.78, 5) is 20.9. The minimum atomic E-state index is 0.634. The molecule has 0 amide bonds. The number of hydrogen-bond acceptors (Lipinski definition) is 7. The third-order valence-corrected chi connectivity index (χ3v) is 11.9. The van der Waals surface area contributed by atoms with Crippen molar-refractivity contribution in [3.05, 3.63) is 133 Å². The Morgan fingerprint density at radius 3 is 1.74 bits per heavy atom. The van der Waals surface area contributed by atoms with Gasteiger partial charge in [0, 0.05) is 57.0 Å². The Morgan fingerprint density at radius 2 is 0.957 bits per heavy atom. The quantitative estimate of drug-likeness (QED) is 0.189. The van der Waals surface area contributed by atoms with E-state index in [0.717, 1.165) is 42.9 Å². The molecule has 4 heterocycles. The number of hydrogen-bond donors (Lipinski definition) is 0. The highest BCUT2D eigenvalue weighted by Gasteiger charge is 2.23. The third-order valence-electron chi connectivity index (χ3n) is 8.57. The van der Waals surface area contributed by atoms with Crippen LogP contribution in [0.5, 0.6) is 0 Å². The van der Waals surface area contributed by atoms with Crippen molar-refractivity contribution in [3.8, 4) is 44.7 Å². The second kappa shape index (κ2) is 10.6. The van der Waals surface area contributed by atoms with Crippen molar-refractivity contribution in [2.45, 2.75) is 0 Å². The Balaban J connectivity index is 1.28. The summed E-state index contributed by atoms with van der Waals surface area (Å²) in [5.41, 5.74) is 4.89. The molecule has 0 aliphatic rings. The number of thiazole rings is 1. The topological polar surface area (TPSA) is 51.6 Å². The van der Waals surface area contributed by atoms with Crippen LogP contribution in [-0.4, -0.2) is 19.9 Å². The van der Waals surface area contributed by atoms with Gasteiger partial charge in [-0.05, 0) is 24.3 Å². The fraction of sp³-hybridized carbons (Fsp3) is 0. The SMILES string of the molecule is c1ccc(-c2nc(-c3ccc4c(c3)sc3ccccc34)nc(-c3c4nc(-c5ccccc5)sc4cc4sc5ccccc5c34)n2)cc1. The largest absolute Gasteiger partial charge is 0.235 e. The first-order valence-corrected chi connectivity index (χ1v) is 17.8. The molecule has 0 aliphatic carbocycles. The van der Waals surface area contributed by atoms with Crippen molar-refractivity contribution < 1.29 is 0 Å². The van der Waals surface area contributed by atoms with Gasteiger partial charge in [-0.15, -0.1) is 34.0 Å². The summed E-state index contributed by atoms with van der Waals surface area (Å²) in [5.74, 6) is 1.93. The van der Waals surface area contributed by atoms with Crippen LogP contribution in [-0.2, 0) is 0 Å². The smallest absolute Gasteiger partial charge is 0.167 e. The van der Waals surface area contributed by atoms with E-state index in [2.05, 4.69) is 109 Å². The van der Waals surface area contributed by atoms with Gasteiger partial charge in [0.05, 0.1) is 15.8 Å². The van der Waals surface area contributed by atoms with Gasteiger partial charge in [-0.3, -0.25) is 0 Å². The van der Waals surface area contributed by atoms with E-state index in [0.29, 0.717) is 17.5 Å². The molecule has 0 aliphatic heterocycles. The van der Waals surface area contributed by atoms with Gasteiger partial charge in [0.1, 0.15) is 5.01 Å². The molecule has 0 radical (unpaired) electrons. The molecule has 0 saturated heterocycles. The maximum atomic E-state index is 5.29. The van der Waals surface area contributed by atoms with E-state index in [-0.39, 0.29) is 0 Å². The van der Waals surface area contributed by atoms with Crippen molar-refractivity contribution in [2.24, 2.45) is 0 Å². The molecule has 0 fully saturated rings. The standard InChI is InChI=1S/C40H22N4S3/c1-3-11-23(12-4-1)37-42-38(25-19-20-27-26-15-7-9-17-29(26)45-31(27)21-25)44-39(43-37)35-34-28-16-8-10-18-30(28)46-32(34)22-33-36(35)41-40(47-33)24-13-5-2-6-14-24/h1-22H. The molecular weight excluding hydrogens is 633 g/mol. The lowest BCUT2D eigenvalue weighted by Crippen LogP contribution is -2.01. The van der Waals surface area contributed by atoms with E-state index in [1.807, 2.05) is 24.3 Å². The normalized spacial score (nSPS) is 11.8. The van der Waals surface area contributed by atoms with Gasteiger partial charge >= 0.3 is 0 Å².